The maximum atomic E-state index is 13.6. The molecule has 40 heavy (non-hydrogen) atoms. The van der Waals surface area contributed by atoms with Crippen LogP contribution >= 0.6 is 11.6 Å². The van der Waals surface area contributed by atoms with Crippen molar-refractivity contribution in [3.8, 4) is 22.8 Å². The smallest absolute Gasteiger partial charge is 0.153 e. The van der Waals surface area contributed by atoms with E-state index in [2.05, 4.69) is 29.9 Å². The minimum atomic E-state index is -0.322. The molecule has 0 radical (unpaired) electrons. The third-order valence-corrected chi connectivity index (χ3v) is 7.59. The van der Waals surface area contributed by atoms with Gasteiger partial charge in [0.2, 0.25) is 0 Å². The molecule has 0 unspecified atom stereocenters. The first kappa shape index (κ1) is 24.5. The summed E-state index contributed by atoms with van der Waals surface area (Å²) in [6, 6.07) is 11.1. The summed E-state index contributed by atoms with van der Waals surface area (Å²) in [5.41, 5.74) is 5.18. The molecule has 0 atom stereocenters. The standard InChI is InChI=1S/C29H24ClFN8O/c1-17-35-23-3-2-4-26(28(23)36-17)40-25-6-5-22-29(27(25)30)37-24(15-33-22)18-12-34-39(16-18)20-7-9-38(10-8-20)21-11-19(31)13-32-14-21/h2-6,11-16,20H,7-10H2,1H3,(H,35,36). The van der Waals surface area contributed by atoms with Crippen LogP contribution in [0.1, 0.15) is 24.7 Å². The Morgan fingerprint density at radius 2 is 1.88 bits per heavy atom. The van der Waals surface area contributed by atoms with Crippen molar-refractivity contribution >= 4 is 39.4 Å². The topological polar surface area (TPSA) is 97.6 Å². The molecule has 0 amide bonds. The number of fused-ring (bicyclic) bond motifs is 2. The molecule has 1 saturated heterocycles. The molecule has 9 nitrogen and oxygen atoms in total. The quantitative estimate of drug-likeness (QED) is 0.260. The molecule has 0 bridgehead atoms. The Hall–Kier alpha value is -4.57. The zero-order valence-corrected chi connectivity index (χ0v) is 22.3. The number of piperidine rings is 1. The van der Waals surface area contributed by atoms with E-state index in [1.807, 2.05) is 42.1 Å². The van der Waals surface area contributed by atoms with Gasteiger partial charge in [-0.1, -0.05) is 17.7 Å². The van der Waals surface area contributed by atoms with Gasteiger partial charge >= 0.3 is 0 Å². The number of rotatable bonds is 5. The van der Waals surface area contributed by atoms with Gasteiger partial charge in [0.25, 0.3) is 0 Å². The molecule has 1 fully saturated rings. The number of nitrogens with zero attached hydrogens (tertiary/aromatic N) is 7. The van der Waals surface area contributed by atoms with E-state index < -0.39 is 0 Å². The van der Waals surface area contributed by atoms with Gasteiger partial charge in [-0.15, -0.1) is 0 Å². The summed E-state index contributed by atoms with van der Waals surface area (Å²) < 4.78 is 21.8. The Morgan fingerprint density at radius 3 is 2.73 bits per heavy atom. The van der Waals surface area contributed by atoms with Gasteiger partial charge in [-0.2, -0.15) is 5.10 Å². The van der Waals surface area contributed by atoms with Gasteiger partial charge in [-0.3, -0.25) is 14.6 Å². The summed E-state index contributed by atoms with van der Waals surface area (Å²) in [6.07, 6.45) is 10.2. The third kappa shape index (κ3) is 4.50. The first-order valence-corrected chi connectivity index (χ1v) is 13.4. The van der Waals surface area contributed by atoms with E-state index in [9.17, 15) is 4.39 Å². The van der Waals surface area contributed by atoms with Gasteiger partial charge in [0.1, 0.15) is 33.4 Å². The normalized spacial score (nSPS) is 14.3. The number of para-hydroxylation sites is 1. The van der Waals surface area contributed by atoms with Crippen LogP contribution < -0.4 is 9.64 Å². The number of ether oxygens (including phenoxy) is 1. The molecule has 0 aliphatic carbocycles. The predicted molar refractivity (Wildman–Crippen MR) is 151 cm³/mol. The van der Waals surface area contributed by atoms with E-state index in [1.54, 1.807) is 24.7 Å². The van der Waals surface area contributed by atoms with Gasteiger partial charge < -0.3 is 14.6 Å². The largest absolute Gasteiger partial charge is 0.453 e. The van der Waals surface area contributed by atoms with E-state index in [-0.39, 0.29) is 11.9 Å². The van der Waals surface area contributed by atoms with Crippen molar-refractivity contribution in [1.82, 2.24) is 34.7 Å². The lowest BCUT2D eigenvalue weighted by Crippen LogP contribution is -2.34. The van der Waals surface area contributed by atoms with Crippen LogP contribution in [-0.4, -0.2) is 47.8 Å². The molecule has 1 aliphatic heterocycles. The lowest BCUT2D eigenvalue weighted by Gasteiger charge is -2.33. The van der Waals surface area contributed by atoms with Gasteiger partial charge in [0.15, 0.2) is 5.75 Å². The average Bonchev–Trinajstić information content (AvgIpc) is 3.62. The first-order valence-electron chi connectivity index (χ1n) is 13.0. The summed E-state index contributed by atoms with van der Waals surface area (Å²) in [4.78, 5) is 23.3. The molecule has 1 aliphatic rings. The molecule has 11 heteroatoms. The second kappa shape index (κ2) is 9.87. The zero-order valence-electron chi connectivity index (χ0n) is 21.6. The Labute approximate surface area is 233 Å². The van der Waals surface area contributed by atoms with Crippen LogP contribution in [0, 0.1) is 12.7 Å². The van der Waals surface area contributed by atoms with Gasteiger partial charge in [0.05, 0.1) is 53.2 Å². The fraction of sp³-hybridized carbons (Fsp3) is 0.207. The molecule has 4 aromatic heterocycles. The van der Waals surface area contributed by atoms with E-state index in [4.69, 9.17) is 21.3 Å². The number of pyridine rings is 1. The molecule has 1 N–H and O–H groups in total. The summed E-state index contributed by atoms with van der Waals surface area (Å²) >= 11 is 6.80. The summed E-state index contributed by atoms with van der Waals surface area (Å²) in [5, 5.41) is 5.01. The van der Waals surface area contributed by atoms with Crippen LogP contribution in [0.4, 0.5) is 10.1 Å². The predicted octanol–water partition coefficient (Wildman–Crippen LogP) is 6.50. The molecule has 0 spiro atoms. The van der Waals surface area contributed by atoms with Crippen LogP contribution in [0.25, 0.3) is 33.3 Å². The molecule has 0 saturated carbocycles. The molecule has 7 rings (SSSR count). The Kier molecular flexibility index (Phi) is 6.04. The molecule has 5 heterocycles. The van der Waals surface area contributed by atoms with Crippen LogP contribution in [0.3, 0.4) is 0 Å². The highest BCUT2D eigenvalue weighted by Crippen LogP contribution is 2.37. The van der Waals surface area contributed by atoms with Gasteiger partial charge in [0, 0.05) is 30.9 Å². The lowest BCUT2D eigenvalue weighted by atomic mass is 10.0. The number of H-pyrrole nitrogens is 1. The second-order valence-electron chi connectivity index (χ2n) is 9.86. The number of imidazole rings is 1. The Bertz CT molecular complexity index is 1860. The van der Waals surface area contributed by atoms with Crippen molar-refractivity contribution in [2.75, 3.05) is 18.0 Å². The molecule has 200 valence electrons. The SMILES string of the molecule is Cc1nc2cccc(Oc3ccc4ncc(-c5cnn(C6CCN(c7cncc(F)c7)CC6)c5)nc4c3Cl)c2[nH]1. The fourth-order valence-electron chi connectivity index (χ4n) is 5.21. The maximum absolute atomic E-state index is 13.6. The highest BCUT2D eigenvalue weighted by molar-refractivity contribution is 6.36. The number of anilines is 1. The van der Waals surface area contributed by atoms with Crippen LogP contribution in [-0.2, 0) is 0 Å². The second-order valence-corrected chi connectivity index (χ2v) is 10.2. The number of hydrogen-bond donors (Lipinski definition) is 1. The summed E-state index contributed by atoms with van der Waals surface area (Å²) in [5.74, 6) is 1.60. The minimum absolute atomic E-state index is 0.234. The van der Waals surface area contributed by atoms with Crippen molar-refractivity contribution in [3.63, 3.8) is 0 Å². The Morgan fingerprint density at radius 1 is 1.00 bits per heavy atom. The van der Waals surface area contributed by atoms with E-state index in [1.165, 1.54) is 12.3 Å². The maximum Gasteiger partial charge on any atom is 0.153 e. The van der Waals surface area contributed by atoms with Crippen molar-refractivity contribution in [3.05, 3.63) is 84.0 Å². The van der Waals surface area contributed by atoms with Crippen molar-refractivity contribution < 1.29 is 9.13 Å². The summed E-state index contributed by atoms with van der Waals surface area (Å²) in [6.45, 7) is 3.50. The average molecular weight is 555 g/mol. The fourth-order valence-corrected chi connectivity index (χ4v) is 5.45. The molecular weight excluding hydrogens is 531 g/mol. The van der Waals surface area contributed by atoms with Crippen molar-refractivity contribution in [2.24, 2.45) is 0 Å². The van der Waals surface area contributed by atoms with Crippen LogP contribution in [0.2, 0.25) is 5.02 Å². The van der Waals surface area contributed by atoms with Gasteiger partial charge in [-0.25, -0.2) is 14.4 Å². The number of halogens is 2. The highest BCUT2D eigenvalue weighted by atomic mass is 35.5. The van der Waals surface area contributed by atoms with Crippen LogP contribution in [0.5, 0.6) is 11.5 Å². The lowest BCUT2D eigenvalue weighted by molar-refractivity contribution is 0.367. The zero-order chi connectivity index (χ0) is 27.2. The monoisotopic (exact) mass is 554 g/mol. The first-order chi connectivity index (χ1) is 19.5. The van der Waals surface area contributed by atoms with E-state index in [0.717, 1.165) is 54.0 Å². The number of aryl methyl sites for hydroxylation is 1. The van der Waals surface area contributed by atoms with Crippen molar-refractivity contribution in [2.45, 2.75) is 25.8 Å². The summed E-state index contributed by atoms with van der Waals surface area (Å²) in [7, 11) is 0. The van der Waals surface area contributed by atoms with Crippen LogP contribution in [0.15, 0.2) is 67.4 Å². The number of hydrogen-bond acceptors (Lipinski definition) is 7. The van der Waals surface area contributed by atoms with E-state index >= 15 is 0 Å². The number of nitrogens with one attached hydrogen (secondary N) is 1. The Balaban J connectivity index is 1.12. The van der Waals surface area contributed by atoms with Crippen molar-refractivity contribution in [1.29, 1.82) is 0 Å². The number of benzene rings is 2. The number of aromatic amines is 1. The number of aromatic nitrogens is 7. The third-order valence-electron chi connectivity index (χ3n) is 7.23. The molecule has 6 aromatic rings. The minimum Gasteiger partial charge on any atom is -0.453 e. The highest BCUT2D eigenvalue weighted by Gasteiger charge is 2.22. The molecular formula is C29H24ClFN8O. The molecule has 2 aromatic carbocycles. The van der Waals surface area contributed by atoms with Gasteiger partial charge in [-0.05, 0) is 44.0 Å². The van der Waals surface area contributed by atoms with E-state index in [0.29, 0.717) is 33.2 Å².